The van der Waals surface area contributed by atoms with Gasteiger partial charge in [-0.3, -0.25) is 10.1 Å². The first-order valence-corrected chi connectivity index (χ1v) is 12.2. The molecule has 0 saturated carbocycles. The predicted molar refractivity (Wildman–Crippen MR) is 121 cm³/mol. The quantitative estimate of drug-likeness (QED) is 0.291. The smallest absolute Gasteiger partial charge is 0.293 e. The third-order valence-corrected chi connectivity index (χ3v) is 7.90. The number of hydrogen-bond acceptors (Lipinski definition) is 8. The Hall–Kier alpha value is -2.46. The Kier molecular flexibility index (Phi) is 5.19. The van der Waals surface area contributed by atoms with Gasteiger partial charge in [0, 0.05) is 27.6 Å². The minimum absolute atomic E-state index is 0.309. The number of hydrogen-bond donors (Lipinski definition) is 1. The standard InChI is InChI=1S/C20H13N3O2S4/c24-18(21-20-23-22-19(29-20)12-7-9-26-10-12)17-14(11-28-16-6-3-8-27-16)13-4-1-2-5-15(13)25-17/h1-10H,11H2,(H,21,23,24). The van der Waals surface area contributed by atoms with Crippen LogP contribution in [-0.2, 0) is 5.75 Å². The highest BCUT2D eigenvalue weighted by atomic mass is 32.2. The van der Waals surface area contributed by atoms with Crippen molar-refractivity contribution in [3.05, 3.63) is 69.9 Å². The Morgan fingerprint density at radius 2 is 2.03 bits per heavy atom. The van der Waals surface area contributed by atoms with Gasteiger partial charge in [0.2, 0.25) is 5.13 Å². The van der Waals surface area contributed by atoms with Crippen molar-refractivity contribution in [3.63, 3.8) is 0 Å². The number of carbonyl (C=O) groups is 1. The predicted octanol–water partition coefficient (Wildman–Crippen LogP) is 6.62. The van der Waals surface area contributed by atoms with Crippen LogP contribution in [0.25, 0.3) is 21.5 Å². The molecule has 5 nitrogen and oxygen atoms in total. The maximum Gasteiger partial charge on any atom is 0.293 e. The first-order chi connectivity index (χ1) is 14.3. The number of furan rings is 1. The summed E-state index contributed by atoms with van der Waals surface area (Å²) in [5.41, 5.74) is 2.60. The summed E-state index contributed by atoms with van der Waals surface area (Å²) in [6.45, 7) is 0. The van der Waals surface area contributed by atoms with Crippen LogP contribution in [-0.4, -0.2) is 16.1 Å². The van der Waals surface area contributed by atoms with E-state index in [0.29, 0.717) is 22.2 Å². The van der Waals surface area contributed by atoms with Crippen LogP contribution in [0.4, 0.5) is 5.13 Å². The number of thiophene rings is 2. The molecule has 9 heteroatoms. The second kappa shape index (κ2) is 8.11. The molecule has 5 aromatic rings. The Labute approximate surface area is 182 Å². The number of aromatic nitrogens is 2. The molecule has 0 aliphatic heterocycles. The number of benzene rings is 1. The third kappa shape index (κ3) is 3.86. The minimum Gasteiger partial charge on any atom is -0.451 e. The lowest BCUT2D eigenvalue weighted by Gasteiger charge is -2.02. The van der Waals surface area contributed by atoms with E-state index in [1.165, 1.54) is 15.5 Å². The van der Waals surface area contributed by atoms with Gasteiger partial charge in [0.15, 0.2) is 5.76 Å². The van der Waals surface area contributed by atoms with Gasteiger partial charge in [-0.15, -0.1) is 33.3 Å². The number of rotatable bonds is 6. The molecule has 0 radical (unpaired) electrons. The van der Waals surface area contributed by atoms with Crippen LogP contribution in [0.5, 0.6) is 0 Å². The van der Waals surface area contributed by atoms with Gasteiger partial charge in [-0.25, -0.2) is 0 Å². The van der Waals surface area contributed by atoms with E-state index in [0.717, 1.165) is 21.5 Å². The van der Waals surface area contributed by atoms with E-state index in [1.807, 2.05) is 52.5 Å². The number of thioether (sulfide) groups is 1. The third-order valence-electron chi connectivity index (χ3n) is 4.17. The average molecular weight is 456 g/mol. The van der Waals surface area contributed by atoms with E-state index in [1.54, 1.807) is 34.4 Å². The molecule has 0 unspecified atom stereocenters. The van der Waals surface area contributed by atoms with Gasteiger partial charge in [-0.1, -0.05) is 35.6 Å². The Bertz CT molecular complexity index is 1260. The van der Waals surface area contributed by atoms with E-state index in [4.69, 9.17) is 4.42 Å². The maximum absolute atomic E-state index is 13.0. The van der Waals surface area contributed by atoms with Crippen molar-refractivity contribution in [2.45, 2.75) is 9.96 Å². The van der Waals surface area contributed by atoms with Gasteiger partial charge in [0.1, 0.15) is 10.6 Å². The highest BCUT2D eigenvalue weighted by Gasteiger charge is 2.22. The highest BCUT2D eigenvalue weighted by Crippen LogP contribution is 2.34. The zero-order chi connectivity index (χ0) is 19.6. The largest absolute Gasteiger partial charge is 0.451 e. The van der Waals surface area contributed by atoms with Crippen LogP contribution >= 0.6 is 45.8 Å². The van der Waals surface area contributed by atoms with Crippen molar-refractivity contribution in [3.8, 4) is 10.6 Å². The molecule has 1 amide bonds. The topological polar surface area (TPSA) is 68.0 Å². The summed E-state index contributed by atoms with van der Waals surface area (Å²) < 4.78 is 7.12. The van der Waals surface area contributed by atoms with Crippen molar-refractivity contribution in [2.75, 3.05) is 5.32 Å². The number of anilines is 1. The first kappa shape index (κ1) is 18.6. The minimum atomic E-state index is -0.309. The molecule has 0 atom stereocenters. The van der Waals surface area contributed by atoms with Gasteiger partial charge >= 0.3 is 0 Å². The zero-order valence-electron chi connectivity index (χ0n) is 14.8. The second-order valence-electron chi connectivity index (χ2n) is 6.01. The van der Waals surface area contributed by atoms with Crippen LogP contribution < -0.4 is 5.32 Å². The summed E-state index contributed by atoms with van der Waals surface area (Å²) in [5, 5.41) is 19.3. The molecule has 0 fully saturated rings. The Morgan fingerprint density at radius 3 is 2.86 bits per heavy atom. The van der Waals surface area contributed by atoms with Crippen LogP contribution in [0.2, 0.25) is 0 Å². The second-order valence-corrected chi connectivity index (χ2v) is 9.99. The molecule has 0 aliphatic carbocycles. The molecule has 5 rings (SSSR count). The Morgan fingerprint density at radius 1 is 1.10 bits per heavy atom. The molecule has 29 heavy (non-hydrogen) atoms. The van der Waals surface area contributed by atoms with Gasteiger partial charge < -0.3 is 4.42 Å². The summed E-state index contributed by atoms with van der Waals surface area (Å²) >= 11 is 6.32. The van der Waals surface area contributed by atoms with Crippen molar-refractivity contribution in [2.24, 2.45) is 0 Å². The number of amides is 1. The maximum atomic E-state index is 13.0. The van der Waals surface area contributed by atoms with E-state index in [2.05, 4.69) is 21.6 Å². The fraction of sp³-hybridized carbons (Fsp3) is 0.0500. The van der Waals surface area contributed by atoms with Crippen molar-refractivity contribution < 1.29 is 9.21 Å². The molecule has 4 aromatic heterocycles. The fourth-order valence-electron chi connectivity index (χ4n) is 2.84. The summed E-state index contributed by atoms with van der Waals surface area (Å²) in [6.07, 6.45) is 0. The summed E-state index contributed by atoms with van der Waals surface area (Å²) in [4.78, 5) is 13.0. The molecule has 1 N–H and O–H groups in total. The lowest BCUT2D eigenvalue weighted by molar-refractivity contribution is 0.0997. The molecule has 0 spiro atoms. The van der Waals surface area contributed by atoms with Crippen LogP contribution in [0.3, 0.4) is 0 Å². The van der Waals surface area contributed by atoms with Gasteiger partial charge in [-0.2, -0.15) is 11.3 Å². The number of carbonyl (C=O) groups excluding carboxylic acids is 1. The van der Waals surface area contributed by atoms with Crippen LogP contribution in [0, 0.1) is 0 Å². The molecule has 1 aromatic carbocycles. The first-order valence-electron chi connectivity index (χ1n) is 8.62. The van der Waals surface area contributed by atoms with Crippen molar-refractivity contribution >= 4 is 67.8 Å². The number of fused-ring (bicyclic) bond motifs is 1. The fourth-order valence-corrected chi connectivity index (χ4v) is 6.11. The number of para-hydroxylation sites is 1. The van der Waals surface area contributed by atoms with E-state index < -0.39 is 0 Å². The van der Waals surface area contributed by atoms with Crippen LogP contribution in [0.1, 0.15) is 16.1 Å². The van der Waals surface area contributed by atoms with E-state index in [9.17, 15) is 4.79 Å². The molecule has 0 bridgehead atoms. The normalized spacial score (nSPS) is 11.2. The summed E-state index contributed by atoms with van der Waals surface area (Å²) in [6, 6.07) is 13.8. The van der Waals surface area contributed by atoms with Gasteiger partial charge in [0.25, 0.3) is 5.91 Å². The molecule has 0 saturated heterocycles. The zero-order valence-corrected chi connectivity index (χ0v) is 18.1. The molecule has 4 heterocycles. The summed E-state index contributed by atoms with van der Waals surface area (Å²) in [7, 11) is 0. The Balaban J connectivity index is 1.42. The summed E-state index contributed by atoms with van der Waals surface area (Å²) in [5.74, 6) is 0.662. The van der Waals surface area contributed by atoms with Crippen LogP contribution in [0.15, 0.2) is 67.2 Å². The van der Waals surface area contributed by atoms with Crippen molar-refractivity contribution in [1.82, 2.24) is 10.2 Å². The molecule has 0 aliphatic rings. The highest BCUT2D eigenvalue weighted by molar-refractivity contribution is 8.00. The van der Waals surface area contributed by atoms with E-state index in [-0.39, 0.29) is 5.91 Å². The number of nitrogens with zero attached hydrogens (tertiary/aromatic N) is 2. The van der Waals surface area contributed by atoms with Crippen molar-refractivity contribution in [1.29, 1.82) is 0 Å². The molecular formula is C20H13N3O2S4. The van der Waals surface area contributed by atoms with Gasteiger partial charge in [0.05, 0.1) is 4.21 Å². The molecular weight excluding hydrogens is 443 g/mol. The molecule has 144 valence electrons. The lowest BCUT2D eigenvalue weighted by Crippen LogP contribution is -2.12. The number of nitrogens with one attached hydrogen (secondary N) is 1. The average Bonchev–Trinajstić information content (AvgIpc) is 3.53. The van der Waals surface area contributed by atoms with E-state index >= 15 is 0 Å². The van der Waals surface area contributed by atoms with Gasteiger partial charge in [-0.05, 0) is 29.0 Å². The SMILES string of the molecule is O=C(Nc1nnc(-c2ccsc2)s1)c1oc2ccccc2c1CSc1cccs1. The lowest BCUT2D eigenvalue weighted by atomic mass is 10.1. The monoisotopic (exact) mass is 455 g/mol.